The summed E-state index contributed by atoms with van der Waals surface area (Å²) in [7, 11) is -0.792. The summed E-state index contributed by atoms with van der Waals surface area (Å²) in [5.41, 5.74) is 0.622. The van der Waals surface area contributed by atoms with E-state index >= 15 is 0 Å². The lowest BCUT2D eigenvalue weighted by atomic mass is 9.99. The Balaban J connectivity index is 1.97. The number of aromatic nitrogens is 4. The molecule has 0 aromatic carbocycles. The maximum atomic E-state index is 12.1. The summed E-state index contributed by atoms with van der Waals surface area (Å²) in [6.45, 7) is 12.3. The lowest BCUT2D eigenvalue weighted by Crippen LogP contribution is -2.29. The van der Waals surface area contributed by atoms with E-state index < -0.39 is 8.30 Å². The number of imidazole rings is 1. The van der Waals surface area contributed by atoms with Crippen molar-refractivity contribution in [3.8, 4) is 0 Å². The first-order valence-corrected chi connectivity index (χ1v) is 10.8. The molecule has 0 bridgehead atoms. The summed E-state index contributed by atoms with van der Waals surface area (Å²) in [5.74, 6) is 0.781. The Morgan fingerprint density at radius 3 is 2.88 bits per heavy atom. The van der Waals surface area contributed by atoms with Crippen LogP contribution in [0.5, 0.6) is 0 Å². The molecule has 0 aliphatic carbocycles. The van der Waals surface area contributed by atoms with Crippen molar-refractivity contribution in [1.29, 1.82) is 0 Å². The molecule has 9 heteroatoms. The first kappa shape index (κ1) is 19.4. The zero-order chi connectivity index (χ0) is 19.0. The number of nitrogens with zero attached hydrogens (tertiary/aromatic N) is 3. The van der Waals surface area contributed by atoms with E-state index in [1.807, 2.05) is 4.57 Å². The van der Waals surface area contributed by atoms with Crippen molar-refractivity contribution >= 4 is 19.5 Å². The molecule has 0 saturated carbocycles. The van der Waals surface area contributed by atoms with Crippen LogP contribution in [-0.2, 0) is 9.26 Å². The highest BCUT2D eigenvalue weighted by Gasteiger charge is 2.44. The number of ether oxygens (including phenoxy) is 1. The number of rotatable bonds is 6. The average molecular weight is 381 g/mol. The van der Waals surface area contributed by atoms with E-state index in [9.17, 15) is 4.79 Å². The average Bonchev–Trinajstić information content (AvgIpc) is 3.09. The Kier molecular flexibility index (Phi) is 5.77. The third-order valence-corrected chi connectivity index (χ3v) is 6.09. The van der Waals surface area contributed by atoms with Gasteiger partial charge in [0.25, 0.3) is 5.56 Å². The van der Waals surface area contributed by atoms with Gasteiger partial charge in [-0.2, -0.15) is 0 Å². The van der Waals surface area contributed by atoms with Crippen molar-refractivity contribution in [2.45, 2.75) is 65.5 Å². The van der Waals surface area contributed by atoms with Gasteiger partial charge in [0.15, 0.2) is 17.4 Å². The zero-order valence-corrected chi connectivity index (χ0v) is 17.1. The molecule has 0 amide bonds. The van der Waals surface area contributed by atoms with Gasteiger partial charge in [0.2, 0.25) is 0 Å². The van der Waals surface area contributed by atoms with Gasteiger partial charge in [0.05, 0.1) is 20.7 Å². The van der Waals surface area contributed by atoms with Gasteiger partial charge in [0, 0.05) is 12.0 Å². The molecular weight excluding hydrogens is 353 g/mol. The van der Waals surface area contributed by atoms with Crippen LogP contribution >= 0.6 is 8.30 Å². The molecule has 0 spiro atoms. The summed E-state index contributed by atoms with van der Waals surface area (Å²) in [6, 6.07) is 0.348. The molecule has 1 fully saturated rings. The highest BCUT2D eigenvalue weighted by Crippen LogP contribution is 2.44. The first-order chi connectivity index (χ1) is 12.3. The van der Waals surface area contributed by atoms with Crippen LogP contribution < -0.4 is 10.6 Å². The lowest BCUT2D eigenvalue weighted by Gasteiger charge is -2.27. The Hall–Kier alpha value is -1.34. The number of H-pyrrole nitrogens is 1. The molecule has 1 saturated heterocycles. The van der Waals surface area contributed by atoms with Crippen LogP contribution in [0.15, 0.2) is 11.1 Å². The summed E-state index contributed by atoms with van der Waals surface area (Å²) < 4.78 is 14.5. The van der Waals surface area contributed by atoms with Crippen LogP contribution in [0.2, 0.25) is 0 Å². The minimum absolute atomic E-state index is 0.0907. The Morgan fingerprint density at radius 2 is 2.23 bits per heavy atom. The lowest BCUT2D eigenvalue weighted by molar-refractivity contribution is -0.0275. The fraction of sp³-hybridized carbons (Fsp3) is 0.706. The van der Waals surface area contributed by atoms with Gasteiger partial charge in [-0.15, -0.1) is 0 Å². The Morgan fingerprint density at radius 1 is 1.50 bits per heavy atom. The van der Waals surface area contributed by atoms with E-state index in [-0.39, 0.29) is 29.9 Å². The van der Waals surface area contributed by atoms with E-state index in [4.69, 9.17) is 9.26 Å². The van der Waals surface area contributed by atoms with Crippen LogP contribution in [0.3, 0.4) is 0 Å². The number of hydrogen-bond donors (Lipinski definition) is 2. The Labute approximate surface area is 154 Å². The van der Waals surface area contributed by atoms with Crippen molar-refractivity contribution in [3.63, 3.8) is 0 Å². The molecule has 2 aromatic rings. The fourth-order valence-electron chi connectivity index (χ4n) is 3.49. The summed E-state index contributed by atoms with van der Waals surface area (Å²) in [6.07, 6.45) is 2.13. The molecule has 1 aliphatic heterocycles. The van der Waals surface area contributed by atoms with Gasteiger partial charge >= 0.3 is 0 Å². The molecule has 2 N–H and O–H groups in total. The second-order valence-electron chi connectivity index (χ2n) is 7.16. The number of nitrogens with one attached hydrogen (secondary N) is 2. The molecule has 3 rings (SSSR count). The maximum absolute atomic E-state index is 12.1. The second kappa shape index (κ2) is 7.72. The van der Waals surface area contributed by atoms with Gasteiger partial charge in [-0.25, -0.2) is 9.97 Å². The van der Waals surface area contributed by atoms with Crippen molar-refractivity contribution < 1.29 is 9.26 Å². The largest absolute Gasteiger partial charge is 0.352 e. The van der Waals surface area contributed by atoms with E-state index in [0.29, 0.717) is 23.0 Å². The standard InChI is InChI=1S/C17H28N5O3P/c1-7-12-10(4)14(25-26(6)21-9(2)3)17(24-12)22-8-18-13-15(22)19-11(5)20-16(13)23/h8-10,12,14,17,21H,7H2,1-6H3,(H,19,20,23)/t10-,12+,14?,17+,26?/m0/s1. The van der Waals surface area contributed by atoms with Gasteiger partial charge in [0.1, 0.15) is 11.9 Å². The van der Waals surface area contributed by atoms with Crippen LogP contribution in [0.4, 0.5) is 0 Å². The molecule has 5 atom stereocenters. The van der Waals surface area contributed by atoms with Crippen LogP contribution in [-0.4, -0.2) is 44.4 Å². The molecule has 0 radical (unpaired) electrons. The highest BCUT2D eigenvalue weighted by atomic mass is 31.2. The van der Waals surface area contributed by atoms with Gasteiger partial charge in [-0.3, -0.25) is 14.4 Å². The third kappa shape index (κ3) is 3.69. The van der Waals surface area contributed by atoms with E-state index in [1.165, 1.54) is 0 Å². The molecule has 1 aliphatic rings. The predicted octanol–water partition coefficient (Wildman–Crippen LogP) is 2.70. The van der Waals surface area contributed by atoms with Crippen molar-refractivity contribution in [3.05, 3.63) is 22.5 Å². The molecule has 2 aromatic heterocycles. The van der Waals surface area contributed by atoms with Crippen LogP contribution in [0, 0.1) is 12.8 Å². The van der Waals surface area contributed by atoms with E-state index in [2.05, 4.69) is 54.4 Å². The van der Waals surface area contributed by atoms with Gasteiger partial charge in [-0.1, -0.05) is 13.8 Å². The number of fused-ring (bicyclic) bond motifs is 1. The van der Waals surface area contributed by atoms with E-state index in [1.54, 1.807) is 13.3 Å². The molecule has 26 heavy (non-hydrogen) atoms. The summed E-state index contributed by atoms with van der Waals surface area (Å²) in [5, 5.41) is 3.44. The number of hydrogen-bond acceptors (Lipinski definition) is 6. The van der Waals surface area contributed by atoms with Crippen molar-refractivity contribution in [2.24, 2.45) is 5.92 Å². The molecule has 3 heterocycles. The molecular formula is C17H28N5O3P. The summed E-state index contributed by atoms with van der Waals surface area (Å²) >= 11 is 0. The normalized spacial score (nSPS) is 27.5. The van der Waals surface area contributed by atoms with E-state index in [0.717, 1.165) is 6.42 Å². The second-order valence-corrected chi connectivity index (χ2v) is 8.62. The predicted molar refractivity (Wildman–Crippen MR) is 102 cm³/mol. The quantitative estimate of drug-likeness (QED) is 0.747. The van der Waals surface area contributed by atoms with Gasteiger partial charge < -0.3 is 14.2 Å². The Bertz CT molecular complexity index is 820. The highest BCUT2D eigenvalue weighted by molar-refractivity contribution is 7.49. The summed E-state index contributed by atoms with van der Waals surface area (Å²) in [4.78, 5) is 23.6. The minimum Gasteiger partial charge on any atom is -0.352 e. The molecule has 8 nitrogen and oxygen atoms in total. The smallest absolute Gasteiger partial charge is 0.279 e. The fourth-order valence-corrected chi connectivity index (χ4v) is 4.94. The third-order valence-electron chi connectivity index (χ3n) is 4.65. The zero-order valence-electron chi connectivity index (χ0n) is 16.2. The number of aromatic amines is 1. The van der Waals surface area contributed by atoms with Crippen LogP contribution in [0.25, 0.3) is 11.2 Å². The monoisotopic (exact) mass is 381 g/mol. The maximum Gasteiger partial charge on any atom is 0.279 e. The SMILES string of the molecule is CC[C@H]1O[C@@H](n2cnc3c(=O)[nH]c(C)nc32)C(OP(C)NC(C)C)[C@H]1C. The van der Waals surface area contributed by atoms with Crippen molar-refractivity contribution in [1.82, 2.24) is 24.6 Å². The van der Waals surface area contributed by atoms with Gasteiger partial charge in [-0.05, 0) is 33.9 Å². The van der Waals surface area contributed by atoms with Crippen LogP contribution in [0.1, 0.15) is 46.2 Å². The topological polar surface area (TPSA) is 94.1 Å². The molecule has 2 unspecified atom stereocenters. The van der Waals surface area contributed by atoms with Crippen molar-refractivity contribution in [2.75, 3.05) is 6.66 Å². The first-order valence-electron chi connectivity index (χ1n) is 9.07. The minimum atomic E-state index is -0.792. The molecule has 144 valence electrons. The number of aryl methyl sites for hydroxylation is 1.